The van der Waals surface area contributed by atoms with E-state index in [0.29, 0.717) is 10.8 Å². The van der Waals surface area contributed by atoms with E-state index in [2.05, 4.69) is 10.3 Å². The summed E-state index contributed by atoms with van der Waals surface area (Å²) in [4.78, 5) is 15.9. The molecule has 0 aliphatic carbocycles. The van der Waals surface area contributed by atoms with Gasteiger partial charge in [-0.3, -0.25) is 4.79 Å². The minimum absolute atomic E-state index is 0.0765. The Morgan fingerprint density at radius 2 is 2.21 bits per heavy atom. The monoisotopic (exact) mass is 279 g/mol. The molecule has 0 aliphatic heterocycles. The lowest BCUT2D eigenvalue weighted by molar-refractivity contribution is 0.102. The summed E-state index contributed by atoms with van der Waals surface area (Å²) in [6, 6.07) is 5.73. The molecule has 2 rings (SSSR count). The van der Waals surface area contributed by atoms with Gasteiger partial charge in [-0.25, -0.2) is 9.37 Å². The third-order valence-electron chi connectivity index (χ3n) is 2.57. The lowest BCUT2D eigenvalue weighted by atomic mass is 10.1. The molecule has 1 heterocycles. The number of nitrogens with two attached hydrogens (primary N) is 1. The zero-order valence-electron chi connectivity index (χ0n) is 10.1. The Bertz CT molecular complexity index is 646. The number of benzene rings is 1. The lowest BCUT2D eigenvalue weighted by Crippen LogP contribution is -2.15. The smallest absolute Gasteiger partial charge is 0.257 e. The number of amides is 1. The fourth-order valence-electron chi connectivity index (χ4n) is 1.56. The molecule has 98 valence electrons. The molecule has 1 aromatic heterocycles. The molecule has 0 bridgehead atoms. The van der Waals surface area contributed by atoms with E-state index < -0.39 is 11.7 Å². The van der Waals surface area contributed by atoms with E-state index in [4.69, 9.17) is 17.3 Å². The van der Waals surface area contributed by atoms with Gasteiger partial charge in [0.25, 0.3) is 5.91 Å². The number of carbonyl (C=O) groups excluding carboxylic acids is 1. The van der Waals surface area contributed by atoms with Crippen molar-refractivity contribution in [2.75, 3.05) is 11.1 Å². The summed E-state index contributed by atoms with van der Waals surface area (Å²) < 4.78 is 13.3. The SMILES string of the molecule is Cc1cc(NC(=O)c2cccc(F)c2N)cnc1Cl. The fraction of sp³-hybridized carbons (Fsp3) is 0.0769. The summed E-state index contributed by atoms with van der Waals surface area (Å²) >= 11 is 5.79. The van der Waals surface area contributed by atoms with E-state index in [1.807, 2.05) is 0 Å². The highest BCUT2D eigenvalue weighted by Gasteiger charge is 2.13. The number of nitrogen functional groups attached to an aromatic ring is 1. The predicted molar refractivity (Wildman–Crippen MR) is 72.7 cm³/mol. The van der Waals surface area contributed by atoms with E-state index in [0.717, 1.165) is 5.56 Å². The van der Waals surface area contributed by atoms with Crippen LogP contribution >= 0.6 is 11.6 Å². The molecule has 6 heteroatoms. The highest BCUT2D eigenvalue weighted by Crippen LogP contribution is 2.19. The van der Waals surface area contributed by atoms with E-state index in [1.54, 1.807) is 13.0 Å². The second kappa shape index (κ2) is 5.24. The number of nitrogens with zero attached hydrogens (tertiary/aromatic N) is 1. The van der Waals surface area contributed by atoms with Crippen LogP contribution in [0.5, 0.6) is 0 Å². The summed E-state index contributed by atoms with van der Waals surface area (Å²) in [5.74, 6) is -1.13. The molecule has 1 aromatic carbocycles. The van der Waals surface area contributed by atoms with Crippen molar-refractivity contribution in [1.29, 1.82) is 0 Å². The van der Waals surface area contributed by atoms with Crippen LogP contribution in [0.2, 0.25) is 5.15 Å². The number of aromatic nitrogens is 1. The van der Waals surface area contributed by atoms with Crippen molar-refractivity contribution in [3.05, 3.63) is 52.6 Å². The number of aryl methyl sites for hydroxylation is 1. The maximum Gasteiger partial charge on any atom is 0.257 e. The second-order valence-corrected chi connectivity index (χ2v) is 4.34. The van der Waals surface area contributed by atoms with Gasteiger partial charge in [-0.1, -0.05) is 17.7 Å². The number of para-hydroxylation sites is 1. The fourth-order valence-corrected chi connectivity index (χ4v) is 1.66. The molecule has 0 spiro atoms. The molecular formula is C13H11ClFN3O. The van der Waals surface area contributed by atoms with Crippen LogP contribution in [0.4, 0.5) is 15.8 Å². The van der Waals surface area contributed by atoms with Crippen LogP contribution in [0.15, 0.2) is 30.5 Å². The van der Waals surface area contributed by atoms with Gasteiger partial charge in [0.2, 0.25) is 0 Å². The van der Waals surface area contributed by atoms with Crippen LogP contribution < -0.4 is 11.1 Å². The Labute approximate surface area is 114 Å². The Hall–Kier alpha value is -2.14. The first-order valence-electron chi connectivity index (χ1n) is 5.46. The molecule has 0 fully saturated rings. The van der Waals surface area contributed by atoms with Gasteiger partial charge in [-0.05, 0) is 30.7 Å². The standard InChI is InChI=1S/C13H11ClFN3O/c1-7-5-8(6-17-12(7)14)18-13(19)9-3-2-4-10(15)11(9)16/h2-6H,16H2,1H3,(H,18,19). The molecule has 1 amide bonds. The van der Waals surface area contributed by atoms with Crippen molar-refractivity contribution in [3.8, 4) is 0 Å². The lowest BCUT2D eigenvalue weighted by Gasteiger charge is -2.08. The van der Waals surface area contributed by atoms with E-state index in [1.165, 1.54) is 24.4 Å². The number of nitrogens with one attached hydrogen (secondary N) is 1. The van der Waals surface area contributed by atoms with Crippen LogP contribution in [0.1, 0.15) is 15.9 Å². The first kappa shape index (κ1) is 13.3. The average molecular weight is 280 g/mol. The van der Waals surface area contributed by atoms with Gasteiger partial charge in [-0.15, -0.1) is 0 Å². The van der Waals surface area contributed by atoms with Crippen molar-refractivity contribution in [2.45, 2.75) is 6.92 Å². The molecule has 0 unspecified atom stereocenters. The van der Waals surface area contributed by atoms with Crippen LogP contribution in [0.3, 0.4) is 0 Å². The number of rotatable bonds is 2. The number of halogens is 2. The zero-order valence-corrected chi connectivity index (χ0v) is 10.8. The Morgan fingerprint density at radius 1 is 1.47 bits per heavy atom. The molecule has 0 radical (unpaired) electrons. The molecule has 2 aromatic rings. The Balaban J connectivity index is 2.26. The number of anilines is 2. The van der Waals surface area contributed by atoms with Gasteiger partial charge in [-0.2, -0.15) is 0 Å². The Morgan fingerprint density at radius 3 is 2.89 bits per heavy atom. The third kappa shape index (κ3) is 2.82. The average Bonchev–Trinajstić information content (AvgIpc) is 2.37. The van der Waals surface area contributed by atoms with E-state index in [9.17, 15) is 9.18 Å². The first-order chi connectivity index (χ1) is 8.99. The van der Waals surface area contributed by atoms with Crippen LogP contribution in [-0.4, -0.2) is 10.9 Å². The number of pyridine rings is 1. The molecule has 0 saturated heterocycles. The van der Waals surface area contributed by atoms with Crippen LogP contribution in [0.25, 0.3) is 0 Å². The maximum absolute atomic E-state index is 13.3. The topological polar surface area (TPSA) is 68.0 Å². The normalized spacial score (nSPS) is 10.3. The van der Waals surface area contributed by atoms with Gasteiger partial charge in [0.1, 0.15) is 11.0 Å². The molecular weight excluding hydrogens is 269 g/mol. The maximum atomic E-state index is 13.3. The highest BCUT2D eigenvalue weighted by atomic mass is 35.5. The summed E-state index contributed by atoms with van der Waals surface area (Å²) in [7, 11) is 0. The van der Waals surface area contributed by atoms with Gasteiger partial charge >= 0.3 is 0 Å². The summed E-state index contributed by atoms with van der Waals surface area (Å²) in [6.07, 6.45) is 1.42. The Kier molecular flexibility index (Phi) is 3.66. The number of hydrogen-bond donors (Lipinski definition) is 2. The van der Waals surface area contributed by atoms with Crippen LogP contribution in [-0.2, 0) is 0 Å². The highest BCUT2D eigenvalue weighted by molar-refractivity contribution is 6.30. The van der Waals surface area contributed by atoms with E-state index in [-0.39, 0.29) is 11.3 Å². The van der Waals surface area contributed by atoms with Crippen LogP contribution in [0, 0.1) is 12.7 Å². The van der Waals surface area contributed by atoms with Crippen molar-refractivity contribution in [3.63, 3.8) is 0 Å². The zero-order chi connectivity index (χ0) is 14.0. The second-order valence-electron chi connectivity index (χ2n) is 3.99. The van der Waals surface area contributed by atoms with Gasteiger partial charge in [0, 0.05) is 0 Å². The third-order valence-corrected chi connectivity index (χ3v) is 2.97. The summed E-state index contributed by atoms with van der Waals surface area (Å²) in [5, 5.41) is 2.95. The first-order valence-corrected chi connectivity index (χ1v) is 5.84. The van der Waals surface area contributed by atoms with Crippen molar-refractivity contribution < 1.29 is 9.18 Å². The number of carbonyl (C=O) groups is 1. The molecule has 0 saturated carbocycles. The molecule has 4 nitrogen and oxygen atoms in total. The van der Waals surface area contributed by atoms with E-state index >= 15 is 0 Å². The van der Waals surface area contributed by atoms with Gasteiger partial charge < -0.3 is 11.1 Å². The molecule has 3 N–H and O–H groups in total. The van der Waals surface area contributed by atoms with Crippen molar-refractivity contribution in [1.82, 2.24) is 4.98 Å². The van der Waals surface area contributed by atoms with Crippen molar-refractivity contribution >= 4 is 28.9 Å². The summed E-state index contributed by atoms with van der Waals surface area (Å²) in [6.45, 7) is 1.77. The molecule has 0 aliphatic rings. The quantitative estimate of drug-likeness (QED) is 0.656. The van der Waals surface area contributed by atoms with Crippen molar-refractivity contribution in [2.24, 2.45) is 0 Å². The van der Waals surface area contributed by atoms with Gasteiger partial charge in [0.05, 0.1) is 23.1 Å². The molecule has 19 heavy (non-hydrogen) atoms. The summed E-state index contributed by atoms with van der Waals surface area (Å²) in [5.41, 5.74) is 6.61. The predicted octanol–water partition coefficient (Wildman–Crippen LogP) is 3.02. The number of hydrogen-bond acceptors (Lipinski definition) is 3. The molecule has 0 atom stereocenters. The largest absolute Gasteiger partial charge is 0.396 e. The minimum Gasteiger partial charge on any atom is -0.396 e. The van der Waals surface area contributed by atoms with Gasteiger partial charge in [0.15, 0.2) is 0 Å². The minimum atomic E-state index is -0.627.